The van der Waals surface area contributed by atoms with Gasteiger partial charge in [-0.05, 0) is 18.6 Å². The Morgan fingerprint density at radius 2 is 1.02 bits per heavy atom. The number of halogens is 19. The van der Waals surface area contributed by atoms with Crippen LogP contribution in [0.2, 0.25) is 0 Å². The molecule has 1 amide bonds. The Morgan fingerprint density at radius 1 is 0.653 bits per heavy atom. The number of carbonyl (C=O) groups is 2. The number of ether oxygens (including phenoxy) is 1. The van der Waals surface area contributed by atoms with Gasteiger partial charge in [0.1, 0.15) is 0 Å². The molecule has 0 aliphatic heterocycles. The van der Waals surface area contributed by atoms with Crippen LogP contribution in [0.4, 0.5) is 94.8 Å². The molecule has 0 radical (unpaired) electrons. The molecule has 0 saturated carbocycles. The van der Waals surface area contributed by atoms with Crippen molar-refractivity contribution >= 4 is 35.4 Å². The van der Waals surface area contributed by atoms with Gasteiger partial charge in [-0.3, -0.25) is 9.59 Å². The summed E-state index contributed by atoms with van der Waals surface area (Å²) in [7, 11) is 0. The smallest absolute Gasteiger partial charge is 0.445 e. The van der Waals surface area contributed by atoms with E-state index >= 15 is 8.78 Å². The first-order chi connectivity index (χ1) is 21.6. The van der Waals surface area contributed by atoms with E-state index in [1.807, 2.05) is 0 Å². The van der Waals surface area contributed by atoms with Gasteiger partial charge >= 0.3 is 59.5 Å². The van der Waals surface area contributed by atoms with E-state index in [1.165, 1.54) is 5.32 Å². The molecule has 0 unspecified atom stereocenters. The van der Waals surface area contributed by atoms with Gasteiger partial charge in [0.15, 0.2) is 6.73 Å². The zero-order valence-corrected chi connectivity index (χ0v) is 22.9. The Balaban J connectivity index is 4.26. The fraction of sp³-hybridized carbons (Fsp3) is 0.545. The van der Waals surface area contributed by atoms with Crippen LogP contribution < -0.4 is 5.32 Å². The Morgan fingerprint density at radius 3 is 1.39 bits per heavy atom. The number of rotatable bonds is 13. The minimum atomic E-state index is -9.21. The van der Waals surface area contributed by atoms with Gasteiger partial charge < -0.3 is 10.1 Å². The maximum atomic E-state index is 15.4. The first kappa shape index (κ1) is 42.6. The molecular weight excluding hydrogens is 747 g/mol. The molecule has 0 aromatic heterocycles. The molecule has 0 aliphatic rings. The van der Waals surface area contributed by atoms with Crippen molar-refractivity contribution in [2.24, 2.45) is 9.98 Å². The molecule has 0 atom stereocenters. The predicted molar refractivity (Wildman–Crippen MR) is 115 cm³/mol. The molecule has 276 valence electrons. The highest BCUT2D eigenvalue weighted by Crippen LogP contribution is 2.66. The summed E-state index contributed by atoms with van der Waals surface area (Å²) < 4.78 is 268. The van der Waals surface area contributed by atoms with E-state index in [1.54, 1.807) is 0 Å². The Labute approximate surface area is 256 Å². The third-order valence-corrected chi connectivity index (χ3v) is 6.04. The van der Waals surface area contributed by atoms with Gasteiger partial charge in [-0.2, -0.15) is 93.4 Å². The molecule has 0 heterocycles. The van der Waals surface area contributed by atoms with Crippen LogP contribution in [0.3, 0.4) is 0 Å². The molecule has 1 aromatic rings. The van der Waals surface area contributed by atoms with Crippen LogP contribution in [0.5, 0.6) is 0 Å². The van der Waals surface area contributed by atoms with Crippen molar-refractivity contribution in [1.29, 1.82) is 0 Å². The van der Waals surface area contributed by atoms with Crippen LogP contribution in [0.25, 0.3) is 0 Å². The molecule has 0 fully saturated rings. The summed E-state index contributed by atoms with van der Waals surface area (Å²) in [6.07, 6.45) is -7.13. The minimum absolute atomic E-state index is 0.271. The van der Waals surface area contributed by atoms with E-state index in [-0.39, 0.29) is 12.1 Å². The lowest BCUT2D eigenvalue weighted by molar-refractivity contribution is -0.469. The SMILES string of the molecule is CC(=O)OCNC(=O)c1c(C)c(N=C=O)cc(N=C=O)c1C(F)(F)C(F)(F)C(F)(F)C(F)(F)C(F)(F)C(F)(F)C(F)(F)C(F)(F)C(F)(F)F. The average Bonchev–Trinajstić information content (AvgIpc) is 2.92. The standard InChI is InChI=1S/C22H10F19N3O5/c1-7-9(42-4-45)3-10(43-5-46)12(11(7)13(48)44-6-49-8(2)47)14(23,24)15(25,26)16(27,28)17(29,30)18(31,32)19(33,34)20(35,36)21(37,38)22(39,40)41/h3H,6H2,1-2H3,(H,44,48). The monoisotopic (exact) mass is 757 g/mol. The molecule has 8 nitrogen and oxygen atoms in total. The summed E-state index contributed by atoms with van der Waals surface area (Å²) in [5, 5.41) is 1.29. The summed E-state index contributed by atoms with van der Waals surface area (Å²) in [4.78, 5) is 49.9. The number of esters is 1. The Hall–Kier alpha value is -4.41. The highest BCUT2D eigenvalue weighted by Gasteiger charge is 2.96. The van der Waals surface area contributed by atoms with E-state index in [4.69, 9.17) is 0 Å². The van der Waals surface area contributed by atoms with Crippen LogP contribution in [-0.4, -0.2) is 78.4 Å². The summed E-state index contributed by atoms with van der Waals surface area (Å²) >= 11 is 0. The highest BCUT2D eigenvalue weighted by atomic mass is 19.4. The lowest BCUT2D eigenvalue weighted by Crippen LogP contribution is -2.75. The molecule has 0 aliphatic carbocycles. The number of isocyanates is 2. The zero-order valence-electron chi connectivity index (χ0n) is 22.9. The van der Waals surface area contributed by atoms with Gasteiger partial charge in [0.05, 0.1) is 22.5 Å². The van der Waals surface area contributed by atoms with Crippen LogP contribution in [0.15, 0.2) is 16.1 Å². The first-order valence-corrected chi connectivity index (χ1v) is 11.5. The number of nitrogens with zero attached hydrogens (tertiary/aromatic N) is 2. The molecule has 0 spiro atoms. The van der Waals surface area contributed by atoms with E-state index < -0.39 is 100 Å². The summed E-state index contributed by atoms with van der Waals surface area (Å²) in [6, 6.07) is -0.272. The third kappa shape index (κ3) is 6.28. The first-order valence-electron chi connectivity index (χ1n) is 11.5. The molecule has 0 bridgehead atoms. The number of hydrogen-bond acceptors (Lipinski definition) is 7. The van der Waals surface area contributed by atoms with Crippen molar-refractivity contribution in [2.45, 2.75) is 67.4 Å². The third-order valence-electron chi connectivity index (χ3n) is 6.04. The van der Waals surface area contributed by atoms with Gasteiger partial charge in [0.2, 0.25) is 12.2 Å². The van der Waals surface area contributed by atoms with Crippen molar-refractivity contribution in [3.05, 3.63) is 22.8 Å². The molecule has 1 N–H and O–H groups in total. The second-order valence-corrected chi connectivity index (χ2v) is 9.08. The van der Waals surface area contributed by atoms with Crippen LogP contribution in [0.1, 0.15) is 28.4 Å². The van der Waals surface area contributed by atoms with Crippen molar-refractivity contribution in [3.8, 4) is 0 Å². The lowest BCUT2D eigenvalue weighted by Gasteiger charge is -2.44. The largest absolute Gasteiger partial charge is 0.460 e. The second-order valence-electron chi connectivity index (χ2n) is 9.08. The van der Waals surface area contributed by atoms with Crippen LogP contribution in [0, 0.1) is 6.92 Å². The van der Waals surface area contributed by atoms with Crippen molar-refractivity contribution < 1.29 is 107 Å². The summed E-state index contributed by atoms with van der Waals surface area (Å²) in [5.74, 6) is -73.5. The van der Waals surface area contributed by atoms with Gasteiger partial charge in [-0.1, -0.05) is 0 Å². The second kappa shape index (κ2) is 12.8. The molecule has 1 aromatic carbocycles. The Bertz CT molecular complexity index is 1580. The molecule has 1 rings (SSSR count). The van der Waals surface area contributed by atoms with Crippen molar-refractivity contribution in [2.75, 3.05) is 6.73 Å². The topological polar surface area (TPSA) is 114 Å². The summed E-state index contributed by atoms with van der Waals surface area (Å²) in [5.41, 5.74) is -10.4. The highest BCUT2D eigenvalue weighted by molar-refractivity contribution is 6.00. The van der Waals surface area contributed by atoms with Crippen molar-refractivity contribution in [1.82, 2.24) is 5.32 Å². The number of aliphatic imine (C=N–C) groups is 2. The van der Waals surface area contributed by atoms with Gasteiger partial charge in [0.25, 0.3) is 5.91 Å². The molecule has 27 heteroatoms. The molecular formula is C22H10F19N3O5. The van der Waals surface area contributed by atoms with Gasteiger partial charge in [-0.25, -0.2) is 9.59 Å². The molecule has 0 saturated heterocycles. The lowest BCUT2D eigenvalue weighted by atomic mass is 9.83. The number of amides is 1. The number of nitrogens with one attached hydrogen (secondary N) is 1. The minimum Gasteiger partial charge on any atom is -0.445 e. The van der Waals surface area contributed by atoms with E-state index in [0.29, 0.717) is 19.9 Å². The van der Waals surface area contributed by atoms with Crippen LogP contribution in [-0.2, 0) is 25.0 Å². The maximum absolute atomic E-state index is 15.4. The predicted octanol–water partition coefficient (Wildman–Crippen LogP) is 7.28. The molecule has 49 heavy (non-hydrogen) atoms. The maximum Gasteiger partial charge on any atom is 0.460 e. The fourth-order valence-corrected chi connectivity index (χ4v) is 3.47. The quantitative estimate of drug-likeness (QED) is 0.0748. The number of hydrogen-bond donors (Lipinski definition) is 1. The number of benzene rings is 1. The summed E-state index contributed by atoms with van der Waals surface area (Å²) in [6.45, 7) is -0.516. The fourth-order valence-electron chi connectivity index (χ4n) is 3.47. The van der Waals surface area contributed by atoms with Crippen molar-refractivity contribution in [3.63, 3.8) is 0 Å². The average molecular weight is 757 g/mol. The normalized spacial score (nSPS) is 14.1. The zero-order chi connectivity index (χ0) is 39.2. The van der Waals surface area contributed by atoms with E-state index in [0.717, 1.165) is 0 Å². The number of alkyl halides is 19. The Kier molecular flexibility index (Phi) is 11.1. The van der Waals surface area contributed by atoms with Gasteiger partial charge in [0, 0.05) is 6.92 Å². The number of carbonyl (C=O) groups excluding carboxylic acids is 4. The van der Waals surface area contributed by atoms with Crippen LogP contribution >= 0.6 is 0 Å². The van der Waals surface area contributed by atoms with E-state index in [9.17, 15) is 93.8 Å². The van der Waals surface area contributed by atoms with E-state index in [2.05, 4.69) is 14.7 Å². The van der Waals surface area contributed by atoms with Gasteiger partial charge in [-0.15, -0.1) is 0 Å².